The predicted molar refractivity (Wildman–Crippen MR) is 75.9 cm³/mol. The van der Waals surface area contributed by atoms with E-state index in [-0.39, 0.29) is 22.5 Å². The number of hydrogen-bond acceptors (Lipinski definition) is 5. The Morgan fingerprint density at radius 2 is 2.00 bits per heavy atom. The van der Waals surface area contributed by atoms with Crippen molar-refractivity contribution >= 4 is 16.0 Å². The van der Waals surface area contributed by atoms with E-state index in [9.17, 15) is 13.2 Å². The molecule has 8 heteroatoms. The molecule has 0 radical (unpaired) electrons. The van der Waals surface area contributed by atoms with Crippen LogP contribution in [0.5, 0.6) is 0 Å². The van der Waals surface area contributed by atoms with Crippen LogP contribution in [0.3, 0.4) is 0 Å². The van der Waals surface area contributed by atoms with E-state index in [4.69, 9.17) is 9.52 Å². The highest BCUT2D eigenvalue weighted by molar-refractivity contribution is 7.89. The lowest BCUT2D eigenvalue weighted by atomic mass is 10.1. The molecule has 1 aliphatic rings. The lowest BCUT2D eigenvalue weighted by Crippen LogP contribution is -2.44. The number of hydrogen-bond donors (Lipinski definition) is 1. The number of likely N-dealkylation sites (tertiary alicyclic amines) is 1. The largest absolute Gasteiger partial charge is 0.475 e. The van der Waals surface area contributed by atoms with Crippen LogP contribution in [-0.4, -0.2) is 61.9 Å². The summed E-state index contributed by atoms with van der Waals surface area (Å²) in [6.45, 7) is 3.15. The predicted octanol–water partition coefficient (Wildman–Crippen LogP) is 1.00. The number of piperidine rings is 1. The van der Waals surface area contributed by atoms with Crippen LogP contribution in [0.1, 0.15) is 29.2 Å². The molecule has 1 N–H and O–H groups in total. The molecule has 0 aliphatic carbocycles. The molecule has 1 saturated heterocycles. The third-order valence-electron chi connectivity index (χ3n) is 3.94. The van der Waals surface area contributed by atoms with Gasteiger partial charge in [0, 0.05) is 19.2 Å². The van der Waals surface area contributed by atoms with Crippen LogP contribution in [-0.2, 0) is 10.0 Å². The molecule has 1 aliphatic heterocycles. The summed E-state index contributed by atoms with van der Waals surface area (Å²) >= 11 is 0. The zero-order valence-electron chi connectivity index (χ0n) is 12.4. The molecule has 0 saturated carbocycles. The molecule has 1 aromatic heterocycles. The quantitative estimate of drug-likeness (QED) is 0.891. The van der Waals surface area contributed by atoms with Gasteiger partial charge in [0.25, 0.3) is 0 Å². The van der Waals surface area contributed by atoms with Crippen molar-refractivity contribution in [2.24, 2.45) is 0 Å². The minimum atomic E-state index is -3.74. The van der Waals surface area contributed by atoms with Gasteiger partial charge in [0.15, 0.2) is 0 Å². The Labute approximate surface area is 124 Å². The van der Waals surface area contributed by atoms with Gasteiger partial charge < -0.3 is 14.4 Å². The zero-order chi connectivity index (χ0) is 15.8. The fraction of sp³-hybridized carbons (Fsp3) is 0.615. The Bertz CT molecular complexity index is 629. The Kier molecular flexibility index (Phi) is 4.40. The Balaban J connectivity index is 2.27. The van der Waals surface area contributed by atoms with Crippen LogP contribution in [0, 0.1) is 6.92 Å². The highest BCUT2D eigenvalue weighted by Gasteiger charge is 2.33. The number of rotatable bonds is 4. The van der Waals surface area contributed by atoms with E-state index in [0.717, 1.165) is 32.0 Å². The number of aryl methyl sites for hydroxylation is 1. The highest BCUT2D eigenvalue weighted by atomic mass is 32.2. The second-order valence-electron chi connectivity index (χ2n) is 5.39. The molecule has 2 heterocycles. The van der Waals surface area contributed by atoms with Crippen LogP contribution in [0.25, 0.3) is 0 Å². The van der Waals surface area contributed by atoms with Gasteiger partial charge in [0.05, 0.1) is 0 Å². The van der Waals surface area contributed by atoms with Crippen LogP contribution in [0.2, 0.25) is 0 Å². The highest BCUT2D eigenvalue weighted by Crippen LogP contribution is 2.26. The summed E-state index contributed by atoms with van der Waals surface area (Å²) in [5, 5.41) is 8.90. The summed E-state index contributed by atoms with van der Waals surface area (Å²) in [6.07, 6.45) is 1.52. The van der Waals surface area contributed by atoms with Crippen LogP contribution in [0.4, 0.5) is 0 Å². The molecule has 1 fully saturated rings. The standard InChI is InChI=1S/C13H20N2O5S/c1-9-12(8-11(20-9)13(16)17)21(18,19)15(3)10-4-6-14(2)7-5-10/h8,10H,4-7H2,1-3H3,(H,16,17). The topological polar surface area (TPSA) is 91.1 Å². The summed E-state index contributed by atoms with van der Waals surface area (Å²) in [5.41, 5.74) is 0. The van der Waals surface area contributed by atoms with E-state index in [1.54, 1.807) is 0 Å². The Morgan fingerprint density at radius 1 is 1.43 bits per heavy atom. The van der Waals surface area contributed by atoms with E-state index in [0.29, 0.717) is 0 Å². The van der Waals surface area contributed by atoms with Gasteiger partial charge in [-0.1, -0.05) is 0 Å². The average molecular weight is 316 g/mol. The van der Waals surface area contributed by atoms with Gasteiger partial charge in [0.2, 0.25) is 15.8 Å². The van der Waals surface area contributed by atoms with E-state index in [1.807, 2.05) is 7.05 Å². The number of furan rings is 1. The summed E-state index contributed by atoms with van der Waals surface area (Å²) in [4.78, 5) is 13.0. The zero-order valence-corrected chi connectivity index (χ0v) is 13.2. The molecule has 0 spiro atoms. The first-order valence-corrected chi connectivity index (χ1v) is 8.18. The van der Waals surface area contributed by atoms with Gasteiger partial charge in [-0.3, -0.25) is 0 Å². The van der Waals surface area contributed by atoms with Gasteiger partial charge in [-0.15, -0.1) is 0 Å². The minimum absolute atomic E-state index is 0.0682. The third kappa shape index (κ3) is 3.12. The van der Waals surface area contributed by atoms with Gasteiger partial charge in [-0.05, 0) is 39.9 Å². The second kappa shape index (κ2) is 5.78. The van der Waals surface area contributed by atoms with Crippen LogP contribution >= 0.6 is 0 Å². The fourth-order valence-corrected chi connectivity index (χ4v) is 4.11. The van der Waals surface area contributed by atoms with Gasteiger partial charge >= 0.3 is 5.97 Å². The summed E-state index contributed by atoms with van der Waals surface area (Å²) in [5.74, 6) is -1.53. The number of carboxylic acid groups (broad SMARTS) is 1. The number of carbonyl (C=O) groups is 1. The van der Waals surface area contributed by atoms with Gasteiger partial charge in [0.1, 0.15) is 10.7 Å². The molecule has 0 aromatic carbocycles. The lowest BCUT2D eigenvalue weighted by Gasteiger charge is -2.34. The molecule has 1 aromatic rings. The molecular formula is C13H20N2O5S. The third-order valence-corrected chi connectivity index (χ3v) is 5.96. The first-order valence-electron chi connectivity index (χ1n) is 6.73. The van der Waals surface area contributed by atoms with E-state index in [1.165, 1.54) is 18.3 Å². The molecule has 0 bridgehead atoms. The van der Waals surface area contributed by atoms with Crippen LogP contribution < -0.4 is 0 Å². The molecular weight excluding hydrogens is 296 g/mol. The minimum Gasteiger partial charge on any atom is -0.475 e. The Morgan fingerprint density at radius 3 is 2.48 bits per heavy atom. The van der Waals surface area contributed by atoms with Crippen molar-refractivity contribution in [3.05, 3.63) is 17.6 Å². The molecule has 21 heavy (non-hydrogen) atoms. The molecule has 118 valence electrons. The Hall–Kier alpha value is -1.38. The van der Waals surface area contributed by atoms with Crippen molar-refractivity contribution in [2.75, 3.05) is 27.2 Å². The second-order valence-corrected chi connectivity index (χ2v) is 7.36. The fourth-order valence-electron chi connectivity index (χ4n) is 2.54. The van der Waals surface area contributed by atoms with Crippen molar-refractivity contribution in [3.8, 4) is 0 Å². The number of nitrogens with zero attached hydrogens (tertiary/aromatic N) is 2. The maximum Gasteiger partial charge on any atom is 0.371 e. The van der Waals surface area contributed by atoms with E-state index >= 15 is 0 Å². The molecule has 2 rings (SSSR count). The van der Waals surface area contributed by atoms with Crippen molar-refractivity contribution < 1.29 is 22.7 Å². The maximum atomic E-state index is 12.6. The molecule has 7 nitrogen and oxygen atoms in total. The maximum absolute atomic E-state index is 12.6. The monoisotopic (exact) mass is 316 g/mol. The van der Waals surface area contributed by atoms with E-state index in [2.05, 4.69) is 4.90 Å². The number of aromatic carboxylic acids is 1. The van der Waals surface area contributed by atoms with Crippen molar-refractivity contribution in [1.29, 1.82) is 0 Å². The van der Waals surface area contributed by atoms with Crippen molar-refractivity contribution in [2.45, 2.75) is 30.7 Å². The average Bonchev–Trinajstić information content (AvgIpc) is 2.82. The van der Waals surface area contributed by atoms with E-state index < -0.39 is 16.0 Å². The summed E-state index contributed by atoms with van der Waals surface area (Å²) in [7, 11) is -0.198. The first-order chi connectivity index (χ1) is 9.73. The lowest BCUT2D eigenvalue weighted by molar-refractivity contribution is 0.0661. The van der Waals surface area contributed by atoms with Gasteiger partial charge in [-0.25, -0.2) is 13.2 Å². The summed E-state index contributed by atoms with van der Waals surface area (Å²) < 4.78 is 31.6. The SMILES string of the molecule is Cc1oc(C(=O)O)cc1S(=O)(=O)N(C)C1CCN(C)CC1. The number of carboxylic acids is 1. The normalized spacial score (nSPS) is 18.3. The molecule has 0 amide bonds. The smallest absolute Gasteiger partial charge is 0.371 e. The van der Waals surface area contributed by atoms with Crippen LogP contribution in [0.15, 0.2) is 15.4 Å². The van der Waals surface area contributed by atoms with Crippen molar-refractivity contribution in [1.82, 2.24) is 9.21 Å². The summed E-state index contributed by atoms with van der Waals surface area (Å²) in [6, 6.07) is 1.01. The van der Waals surface area contributed by atoms with Gasteiger partial charge in [-0.2, -0.15) is 4.31 Å². The molecule has 0 atom stereocenters. The number of sulfonamides is 1. The molecule has 0 unspecified atom stereocenters. The first kappa shape index (κ1) is 16.0. The van der Waals surface area contributed by atoms with Crippen molar-refractivity contribution in [3.63, 3.8) is 0 Å².